The molecular formula is C20H20ClN3O6S2. The lowest BCUT2D eigenvalue weighted by molar-refractivity contribution is -0.115. The molecule has 3 rings (SSSR count). The van der Waals surface area contributed by atoms with Gasteiger partial charge in [-0.1, -0.05) is 16.7 Å². The van der Waals surface area contributed by atoms with Gasteiger partial charge in [-0.3, -0.25) is 10.1 Å². The SMILES string of the molecule is CC(C)S(=O)(=O)c1ccc(-c2nnc(NC(=O)CCS(=O)(=O)c3ccc(Cl)cc3)o2)cc1. The van der Waals surface area contributed by atoms with Crippen LogP contribution in [0.15, 0.2) is 62.7 Å². The van der Waals surface area contributed by atoms with Gasteiger partial charge in [-0.15, -0.1) is 5.10 Å². The lowest BCUT2D eigenvalue weighted by atomic mass is 10.2. The Bertz CT molecular complexity index is 1320. The van der Waals surface area contributed by atoms with Crippen molar-refractivity contribution in [3.63, 3.8) is 0 Å². The van der Waals surface area contributed by atoms with Gasteiger partial charge in [0.25, 0.3) is 0 Å². The molecule has 1 heterocycles. The van der Waals surface area contributed by atoms with Crippen LogP contribution in [0.1, 0.15) is 20.3 Å². The molecule has 9 nitrogen and oxygen atoms in total. The molecule has 0 unspecified atom stereocenters. The molecule has 12 heteroatoms. The number of carbonyl (C=O) groups excluding carboxylic acids is 1. The number of hydrogen-bond donors (Lipinski definition) is 1. The van der Waals surface area contributed by atoms with Crippen molar-refractivity contribution in [2.24, 2.45) is 0 Å². The van der Waals surface area contributed by atoms with E-state index in [9.17, 15) is 21.6 Å². The molecular weight excluding hydrogens is 478 g/mol. The Hall–Kier alpha value is -2.76. The van der Waals surface area contributed by atoms with Crippen LogP contribution in [0.5, 0.6) is 0 Å². The molecule has 3 aromatic rings. The van der Waals surface area contributed by atoms with Crippen LogP contribution < -0.4 is 5.32 Å². The van der Waals surface area contributed by atoms with Crippen LogP contribution in [0.25, 0.3) is 11.5 Å². The largest absolute Gasteiger partial charge is 0.403 e. The zero-order valence-corrected chi connectivity index (χ0v) is 19.5. The molecule has 0 aliphatic carbocycles. The quantitative estimate of drug-likeness (QED) is 0.500. The third-order valence-electron chi connectivity index (χ3n) is 4.49. The van der Waals surface area contributed by atoms with E-state index >= 15 is 0 Å². The molecule has 1 amide bonds. The first-order chi connectivity index (χ1) is 15.0. The van der Waals surface area contributed by atoms with Crippen molar-refractivity contribution in [3.05, 3.63) is 53.6 Å². The standard InChI is InChI=1S/C20H20ClN3O6S2/c1-13(2)32(28,29)17-7-3-14(4-8-17)19-23-24-20(30-19)22-18(25)11-12-31(26,27)16-9-5-15(21)6-10-16/h3-10,13H,11-12H2,1-2H3,(H,22,24,25). The molecule has 0 atom stereocenters. The number of rotatable bonds is 8. The zero-order valence-electron chi connectivity index (χ0n) is 17.1. The van der Waals surface area contributed by atoms with Crippen molar-refractivity contribution < 1.29 is 26.0 Å². The first-order valence-corrected chi connectivity index (χ1v) is 13.0. The molecule has 0 radical (unpaired) electrons. The number of halogens is 1. The van der Waals surface area contributed by atoms with Crippen LogP contribution in [0.4, 0.5) is 6.01 Å². The average molecular weight is 498 g/mol. The maximum Gasteiger partial charge on any atom is 0.322 e. The van der Waals surface area contributed by atoms with Gasteiger partial charge in [0.2, 0.25) is 11.8 Å². The van der Waals surface area contributed by atoms with E-state index in [2.05, 4.69) is 15.5 Å². The summed E-state index contributed by atoms with van der Waals surface area (Å²) in [5.74, 6) is -0.952. The van der Waals surface area contributed by atoms with Crippen LogP contribution in [0, 0.1) is 0 Å². The minimum atomic E-state index is -3.66. The summed E-state index contributed by atoms with van der Waals surface area (Å²) < 4.78 is 54.4. The Morgan fingerprint density at radius 1 is 0.969 bits per heavy atom. The first-order valence-electron chi connectivity index (χ1n) is 9.45. The number of aromatic nitrogens is 2. The van der Waals surface area contributed by atoms with E-state index in [1.165, 1.54) is 48.5 Å². The second kappa shape index (κ2) is 9.39. The summed E-state index contributed by atoms with van der Waals surface area (Å²) in [5.41, 5.74) is 0.464. The van der Waals surface area contributed by atoms with Crippen molar-refractivity contribution in [1.82, 2.24) is 10.2 Å². The van der Waals surface area contributed by atoms with Gasteiger partial charge in [0, 0.05) is 17.0 Å². The minimum absolute atomic E-state index is 0.0673. The predicted molar refractivity (Wildman–Crippen MR) is 119 cm³/mol. The highest BCUT2D eigenvalue weighted by atomic mass is 35.5. The first kappa shape index (κ1) is 23.9. The number of carbonyl (C=O) groups is 1. The summed E-state index contributed by atoms with van der Waals surface area (Å²) >= 11 is 5.76. The van der Waals surface area contributed by atoms with E-state index in [0.29, 0.717) is 10.6 Å². The van der Waals surface area contributed by atoms with Crippen molar-refractivity contribution in [2.45, 2.75) is 35.3 Å². The van der Waals surface area contributed by atoms with Crippen molar-refractivity contribution in [3.8, 4) is 11.5 Å². The molecule has 32 heavy (non-hydrogen) atoms. The summed E-state index contributed by atoms with van der Waals surface area (Å²) in [4.78, 5) is 12.4. The molecule has 0 saturated carbocycles. The van der Waals surface area contributed by atoms with Crippen LogP contribution in [0.3, 0.4) is 0 Å². The Morgan fingerprint density at radius 2 is 1.56 bits per heavy atom. The molecule has 1 N–H and O–H groups in total. The highest BCUT2D eigenvalue weighted by Gasteiger charge is 2.20. The Labute approximate surface area is 190 Å². The molecule has 0 aliphatic heterocycles. The van der Waals surface area contributed by atoms with Gasteiger partial charge < -0.3 is 4.42 Å². The number of benzene rings is 2. The third kappa shape index (κ3) is 5.53. The van der Waals surface area contributed by atoms with Crippen molar-refractivity contribution in [1.29, 1.82) is 0 Å². The van der Waals surface area contributed by atoms with Gasteiger partial charge in [0.1, 0.15) is 0 Å². The van der Waals surface area contributed by atoms with Gasteiger partial charge in [0.15, 0.2) is 19.7 Å². The second-order valence-electron chi connectivity index (χ2n) is 7.10. The third-order valence-corrected chi connectivity index (χ3v) is 8.65. The zero-order chi connectivity index (χ0) is 23.5. The predicted octanol–water partition coefficient (Wildman–Crippen LogP) is 3.37. The maximum atomic E-state index is 12.3. The number of anilines is 1. The maximum absolute atomic E-state index is 12.3. The summed E-state index contributed by atoms with van der Waals surface area (Å²) in [6, 6.07) is 11.4. The highest BCUT2D eigenvalue weighted by molar-refractivity contribution is 7.92. The van der Waals surface area contributed by atoms with Crippen LogP contribution >= 0.6 is 11.6 Å². The number of hydrogen-bond acceptors (Lipinski definition) is 8. The summed E-state index contributed by atoms with van der Waals surface area (Å²) in [6.45, 7) is 3.19. The van der Waals surface area contributed by atoms with E-state index in [1.54, 1.807) is 13.8 Å². The number of sulfone groups is 2. The lowest BCUT2D eigenvalue weighted by Gasteiger charge is -2.07. The number of amides is 1. The van der Waals surface area contributed by atoms with Gasteiger partial charge in [0.05, 0.1) is 20.8 Å². The molecule has 0 fully saturated rings. The van der Waals surface area contributed by atoms with Crippen LogP contribution in [-0.2, 0) is 24.5 Å². The molecule has 0 spiro atoms. The molecule has 1 aromatic heterocycles. The Kier molecular flexibility index (Phi) is 7.01. The highest BCUT2D eigenvalue weighted by Crippen LogP contribution is 2.23. The van der Waals surface area contributed by atoms with E-state index in [-0.39, 0.29) is 28.1 Å². The Balaban J connectivity index is 1.62. The molecule has 170 valence electrons. The minimum Gasteiger partial charge on any atom is -0.403 e. The van der Waals surface area contributed by atoms with Gasteiger partial charge in [-0.05, 0) is 62.4 Å². The fourth-order valence-electron chi connectivity index (χ4n) is 2.62. The smallest absolute Gasteiger partial charge is 0.322 e. The summed E-state index contributed by atoms with van der Waals surface area (Å²) in [6.07, 6.45) is -0.315. The average Bonchev–Trinajstić information content (AvgIpc) is 3.21. The topological polar surface area (TPSA) is 136 Å². The van der Waals surface area contributed by atoms with E-state index in [0.717, 1.165) is 0 Å². The van der Waals surface area contributed by atoms with Crippen LogP contribution in [0.2, 0.25) is 5.02 Å². The second-order valence-corrected chi connectivity index (χ2v) is 12.2. The fraction of sp³-hybridized carbons (Fsp3) is 0.250. The molecule has 0 bridgehead atoms. The summed E-state index contributed by atoms with van der Waals surface area (Å²) in [7, 11) is -7.07. The Morgan fingerprint density at radius 3 is 2.16 bits per heavy atom. The normalized spacial score (nSPS) is 12.1. The lowest BCUT2D eigenvalue weighted by Crippen LogP contribution is -2.17. The monoisotopic (exact) mass is 497 g/mol. The summed E-state index contributed by atoms with van der Waals surface area (Å²) in [5, 5.41) is 9.74. The van der Waals surface area contributed by atoms with E-state index in [4.69, 9.17) is 16.0 Å². The van der Waals surface area contributed by atoms with Crippen molar-refractivity contribution in [2.75, 3.05) is 11.1 Å². The van der Waals surface area contributed by atoms with E-state index < -0.39 is 36.6 Å². The number of nitrogens with zero attached hydrogens (tertiary/aromatic N) is 2. The van der Waals surface area contributed by atoms with Gasteiger partial charge >= 0.3 is 6.01 Å². The molecule has 0 saturated heterocycles. The van der Waals surface area contributed by atoms with Crippen molar-refractivity contribution >= 4 is 43.2 Å². The van der Waals surface area contributed by atoms with E-state index in [1.807, 2.05) is 0 Å². The molecule has 2 aromatic carbocycles. The van der Waals surface area contributed by atoms with Crippen LogP contribution in [-0.4, -0.2) is 43.9 Å². The fourth-order valence-corrected chi connectivity index (χ4v) is 5.04. The molecule has 0 aliphatic rings. The van der Waals surface area contributed by atoms with Gasteiger partial charge in [-0.2, -0.15) is 0 Å². The van der Waals surface area contributed by atoms with Gasteiger partial charge in [-0.25, -0.2) is 16.8 Å². The number of nitrogens with one attached hydrogen (secondary N) is 1.